The molecule has 124 valence electrons. The van der Waals surface area contributed by atoms with Gasteiger partial charge in [-0.3, -0.25) is 6.08 Å². The fourth-order valence-corrected chi connectivity index (χ4v) is 3.15. The Bertz CT molecular complexity index is 418. The van der Waals surface area contributed by atoms with Crippen molar-refractivity contribution in [3.05, 3.63) is 11.6 Å². The van der Waals surface area contributed by atoms with Crippen molar-refractivity contribution in [3.8, 4) is 0 Å². The zero-order valence-corrected chi connectivity index (χ0v) is 18.5. The first-order valence-corrected chi connectivity index (χ1v) is 7.68. The van der Waals surface area contributed by atoms with E-state index >= 15 is 0 Å². The van der Waals surface area contributed by atoms with Gasteiger partial charge in [-0.25, -0.2) is 0 Å². The molecule has 0 saturated heterocycles. The first-order chi connectivity index (χ1) is 10.5. The number of carbonyl (C=O) groups excluding carboxylic acids is 3. The molecular formula is C16H22Na2O6. The third-order valence-electron chi connectivity index (χ3n) is 4.38. The van der Waals surface area contributed by atoms with Crippen molar-refractivity contribution in [2.75, 3.05) is 0 Å². The second-order valence-electron chi connectivity index (χ2n) is 5.94. The molecule has 0 atom stereocenters. The normalized spacial score (nSPS) is 29.7. The van der Waals surface area contributed by atoms with E-state index in [1.807, 2.05) is 0 Å². The predicted molar refractivity (Wildman–Crippen MR) is 72.7 cm³/mol. The maximum absolute atomic E-state index is 11.3. The SMILES string of the molecule is O=C([O-])C(=[C-]C1CCC(O)CC1)C1CCC(O)CC1.O=C=O.[Na+].[Na+]. The van der Waals surface area contributed by atoms with Crippen LogP contribution in [0.2, 0.25) is 0 Å². The van der Waals surface area contributed by atoms with Crippen LogP contribution in [-0.2, 0) is 14.4 Å². The van der Waals surface area contributed by atoms with E-state index in [0.717, 1.165) is 25.7 Å². The third-order valence-corrected chi connectivity index (χ3v) is 4.38. The van der Waals surface area contributed by atoms with E-state index in [-0.39, 0.29) is 89.3 Å². The second kappa shape index (κ2) is 14.7. The molecule has 2 aliphatic rings. The molecule has 2 fully saturated rings. The van der Waals surface area contributed by atoms with Crippen LogP contribution in [0.15, 0.2) is 5.57 Å². The molecule has 0 aromatic carbocycles. The number of carbonyl (C=O) groups is 1. The van der Waals surface area contributed by atoms with Gasteiger partial charge in [0.25, 0.3) is 0 Å². The van der Waals surface area contributed by atoms with E-state index in [9.17, 15) is 20.1 Å². The summed E-state index contributed by atoms with van der Waals surface area (Å²) >= 11 is 0. The number of rotatable bonds is 3. The van der Waals surface area contributed by atoms with Gasteiger partial charge in [0.2, 0.25) is 0 Å². The summed E-state index contributed by atoms with van der Waals surface area (Å²) in [5.74, 6) is -1.02. The molecule has 0 unspecified atom stereocenters. The maximum Gasteiger partial charge on any atom is 1.00 e. The van der Waals surface area contributed by atoms with Gasteiger partial charge in [0.05, 0.1) is 12.2 Å². The number of aliphatic hydroxyl groups excluding tert-OH is 2. The molecule has 2 N–H and O–H groups in total. The molecule has 0 amide bonds. The molecule has 0 aliphatic heterocycles. The Balaban J connectivity index is 0. The average molecular weight is 356 g/mol. The summed E-state index contributed by atoms with van der Waals surface area (Å²) in [5, 5.41) is 30.2. The summed E-state index contributed by atoms with van der Waals surface area (Å²) in [5.41, 5.74) is 0.299. The minimum atomic E-state index is -1.12. The second-order valence-corrected chi connectivity index (χ2v) is 5.94. The smallest absolute Gasteiger partial charge is 0.658 e. The van der Waals surface area contributed by atoms with Crippen molar-refractivity contribution >= 4 is 12.1 Å². The van der Waals surface area contributed by atoms with Gasteiger partial charge in [0.15, 0.2) is 0 Å². The molecule has 24 heavy (non-hydrogen) atoms. The van der Waals surface area contributed by atoms with Crippen LogP contribution in [-0.4, -0.2) is 34.5 Å². The monoisotopic (exact) mass is 356 g/mol. The van der Waals surface area contributed by atoms with Gasteiger partial charge in [-0.05, 0) is 44.4 Å². The van der Waals surface area contributed by atoms with Gasteiger partial charge in [0.1, 0.15) is 0 Å². The molecule has 2 aliphatic carbocycles. The predicted octanol–water partition coefficient (Wildman–Crippen LogP) is -6.01. The molecule has 0 heterocycles. The number of hydrogen-bond donors (Lipinski definition) is 2. The Hall–Kier alpha value is 0.510. The number of allylic oxidation sites excluding steroid dienone is 1. The molecule has 8 heteroatoms. The van der Waals surface area contributed by atoms with Crippen LogP contribution in [0.3, 0.4) is 0 Å². The summed E-state index contributed by atoms with van der Waals surface area (Å²) in [4.78, 5) is 27.5. The number of carboxylic acid groups (broad SMARTS) is 1. The zero-order valence-electron chi connectivity index (χ0n) is 14.5. The third kappa shape index (κ3) is 9.85. The van der Waals surface area contributed by atoms with Gasteiger partial charge in [-0.2, -0.15) is 15.2 Å². The Morgan fingerprint density at radius 1 is 0.875 bits per heavy atom. The molecule has 0 bridgehead atoms. The first-order valence-electron chi connectivity index (χ1n) is 7.68. The average Bonchev–Trinajstić information content (AvgIpc) is 2.48. The van der Waals surface area contributed by atoms with Crippen LogP contribution >= 0.6 is 0 Å². The molecule has 2 saturated carbocycles. The molecule has 2 rings (SSSR count). The van der Waals surface area contributed by atoms with Gasteiger partial charge >= 0.3 is 65.3 Å². The zero-order chi connectivity index (χ0) is 16.5. The van der Waals surface area contributed by atoms with Gasteiger partial charge in [0, 0.05) is 0 Å². The topological polar surface area (TPSA) is 115 Å². The minimum absolute atomic E-state index is 0. The molecule has 0 radical (unpaired) electrons. The van der Waals surface area contributed by atoms with Crippen molar-refractivity contribution in [2.45, 2.75) is 63.6 Å². The van der Waals surface area contributed by atoms with E-state index in [0.29, 0.717) is 31.3 Å². The number of carboxylic acids is 1. The van der Waals surface area contributed by atoms with Crippen LogP contribution in [0, 0.1) is 17.9 Å². The van der Waals surface area contributed by atoms with E-state index in [1.165, 1.54) is 0 Å². The summed E-state index contributed by atoms with van der Waals surface area (Å²) < 4.78 is 0. The van der Waals surface area contributed by atoms with Gasteiger partial charge in [-0.1, -0.05) is 18.8 Å². The van der Waals surface area contributed by atoms with Crippen molar-refractivity contribution in [1.82, 2.24) is 0 Å². The van der Waals surface area contributed by atoms with Gasteiger partial charge in [-0.15, -0.1) is 5.97 Å². The van der Waals surface area contributed by atoms with E-state index in [1.54, 1.807) is 0 Å². The minimum Gasteiger partial charge on any atom is -0.658 e. The van der Waals surface area contributed by atoms with Crippen LogP contribution in [0.1, 0.15) is 51.4 Å². The number of aliphatic carboxylic acids is 1. The standard InChI is InChI=1S/C15H23O4.CO2.2Na/c16-12-5-1-10(2-6-12)9-14(15(18)19)11-3-7-13(17)8-4-11;2-1-3;;/h10-13,16-17H,1-8H2,(H,18,19);;;/q-1;;2*+1/p-1. The fraction of sp³-hybridized carbons (Fsp3) is 0.750. The summed E-state index contributed by atoms with van der Waals surface area (Å²) in [6.45, 7) is 0. The Morgan fingerprint density at radius 2 is 1.25 bits per heavy atom. The van der Waals surface area contributed by atoms with Crippen LogP contribution in [0.4, 0.5) is 0 Å². The van der Waals surface area contributed by atoms with E-state index in [2.05, 4.69) is 6.08 Å². The largest absolute Gasteiger partial charge is 1.00 e. The molecule has 0 aromatic rings. The van der Waals surface area contributed by atoms with E-state index in [4.69, 9.17) is 9.59 Å². The molecular weight excluding hydrogens is 334 g/mol. The molecule has 0 aromatic heterocycles. The summed E-state index contributed by atoms with van der Waals surface area (Å²) in [7, 11) is 0. The quantitative estimate of drug-likeness (QED) is 0.296. The number of aliphatic hydroxyl groups is 2. The van der Waals surface area contributed by atoms with Crippen LogP contribution in [0.5, 0.6) is 0 Å². The Kier molecular flexibility index (Phi) is 16.3. The van der Waals surface area contributed by atoms with E-state index < -0.39 is 5.97 Å². The maximum atomic E-state index is 11.3. The van der Waals surface area contributed by atoms with Gasteiger partial charge < -0.3 is 20.1 Å². The summed E-state index contributed by atoms with van der Waals surface area (Å²) in [6, 6.07) is 0. The Labute approximate surface area is 186 Å². The Morgan fingerprint density at radius 3 is 1.62 bits per heavy atom. The van der Waals surface area contributed by atoms with Crippen molar-refractivity contribution in [2.24, 2.45) is 11.8 Å². The van der Waals surface area contributed by atoms with Crippen molar-refractivity contribution in [1.29, 1.82) is 0 Å². The van der Waals surface area contributed by atoms with Crippen LogP contribution in [0.25, 0.3) is 0 Å². The first kappa shape index (κ1) is 26.7. The summed E-state index contributed by atoms with van der Waals surface area (Å²) in [6.07, 6.45) is 8.61. The number of hydrogen-bond acceptors (Lipinski definition) is 6. The fourth-order valence-electron chi connectivity index (χ4n) is 3.15. The van der Waals surface area contributed by atoms with Crippen molar-refractivity contribution < 1.29 is 88.8 Å². The molecule has 6 nitrogen and oxygen atoms in total. The molecule has 0 spiro atoms. The van der Waals surface area contributed by atoms with Crippen molar-refractivity contribution in [3.63, 3.8) is 0 Å². The van der Waals surface area contributed by atoms with Crippen LogP contribution < -0.4 is 64.2 Å².